The highest BCUT2D eigenvalue weighted by Gasteiger charge is 2.33. The Morgan fingerprint density at radius 3 is 2.71 bits per heavy atom. The Balaban J connectivity index is 1.40. The first-order chi connectivity index (χ1) is 20.4. The third kappa shape index (κ3) is 7.14. The predicted molar refractivity (Wildman–Crippen MR) is 156 cm³/mol. The molecule has 224 valence electrons. The number of nitrogens with one attached hydrogen (secondary N) is 2. The molecule has 1 aromatic heterocycles. The van der Waals surface area contributed by atoms with E-state index in [1.54, 1.807) is 20.3 Å². The molecule has 11 nitrogen and oxygen atoms in total. The number of likely N-dealkylation sites (tertiary alicyclic amines) is 1. The van der Waals surface area contributed by atoms with Gasteiger partial charge in [0, 0.05) is 57.0 Å². The molecule has 0 saturated carbocycles. The summed E-state index contributed by atoms with van der Waals surface area (Å²) in [4.78, 5) is 32.4. The van der Waals surface area contributed by atoms with Gasteiger partial charge in [0.1, 0.15) is 17.6 Å². The predicted octanol–water partition coefficient (Wildman–Crippen LogP) is 2.70. The van der Waals surface area contributed by atoms with Gasteiger partial charge in [0.05, 0.1) is 32.3 Å². The molecule has 1 fully saturated rings. The summed E-state index contributed by atoms with van der Waals surface area (Å²) in [5.41, 5.74) is 2.88. The fourth-order valence-electron chi connectivity index (χ4n) is 5.46. The minimum absolute atomic E-state index is 0.0791. The van der Waals surface area contributed by atoms with E-state index >= 15 is 0 Å². The topological polar surface area (TPSA) is 116 Å². The average Bonchev–Trinajstić information content (AvgIpc) is 3.46. The number of imidazole rings is 1. The van der Waals surface area contributed by atoms with Gasteiger partial charge < -0.3 is 34.1 Å². The minimum Gasteiger partial charge on any atom is -0.496 e. The van der Waals surface area contributed by atoms with Crippen molar-refractivity contribution in [3.63, 3.8) is 0 Å². The van der Waals surface area contributed by atoms with Crippen LogP contribution in [0.2, 0.25) is 0 Å². The number of carbonyl (C=O) groups excluding carboxylic acids is 2. The fraction of sp³-hybridized carbons (Fsp3) is 0.452. The molecule has 42 heavy (non-hydrogen) atoms. The highest BCUT2D eigenvalue weighted by atomic mass is 16.5. The van der Waals surface area contributed by atoms with Crippen molar-refractivity contribution < 1.29 is 28.5 Å². The van der Waals surface area contributed by atoms with Gasteiger partial charge in [-0.3, -0.25) is 14.5 Å². The zero-order chi connectivity index (χ0) is 29.5. The van der Waals surface area contributed by atoms with E-state index in [9.17, 15) is 9.59 Å². The number of fused-ring (bicyclic) bond motifs is 9. The first-order valence-electron chi connectivity index (χ1n) is 14.4. The molecule has 1 saturated heterocycles. The number of nitrogens with zero attached hydrogens (tertiary/aromatic N) is 3. The van der Waals surface area contributed by atoms with Gasteiger partial charge in [0.15, 0.2) is 18.1 Å². The van der Waals surface area contributed by atoms with Crippen molar-refractivity contribution >= 4 is 11.8 Å². The molecule has 11 heteroatoms. The molecular formula is C31H39N5O6. The summed E-state index contributed by atoms with van der Waals surface area (Å²) < 4.78 is 25.6. The Morgan fingerprint density at radius 1 is 1.05 bits per heavy atom. The molecule has 0 aliphatic carbocycles. The number of methoxy groups -OCH3 is 2. The van der Waals surface area contributed by atoms with Crippen LogP contribution in [0.15, 0.2) is 48.9 Å². The number of amides is 2. The third-order valence-corrected chi connectivity index (χ3v) is 7.75. The van der Waals surface area contributed by atoms with Gasteiger partial charge in [-0.25, -0.2) is 4.98 Å². The Kier molecular flexibility index (Phi) is 9.48. The average molecular weight is 578 g/mol. The number of benzene rings is 2. The van der Waals surface area contributed by atoms with E-state index in [1.807, 2.05) is 42.9 Å². The van der Waals surface area contributed by atoms with Gasteiger partial charge in [0.25, 0.3) is 5.91 Å². The number of hydrogen-bond donors (Lipinski definition) is 2. The summed E-state index contributed by atoms with van der Waals surface area (Å²) in [5.74, 6) is 1.91. The molecule has 3 aromatic rings. The van der Waals surface area contributed by atoms with Crippen LogP contribution in [0.1, 0.15) is 36.6 Å². The van der Waals surface area contributed by atoms with Gasteiger partial charge in [-0.15, -0.1) is 0 Å². The lowest BCUT2D eigenvalue weighted by atomic mass is 10.0. The molecule has 2 atom stereocenters. The first-order valence-corrected chi connectivity index (χ1v) is 14.4. The standard InChI is InChI=1S/C31H39N5O6/c1-4-36-20-32-16-23(36)17-35-12-11-26-25(18-35)34-31(38)19-41-29-13-21(5-9-27(29)39-2)6-10-30(37)33-15-22-7-8-24(42-26)14-28(22)40-3/h5,7-9,13-14,16,20,25-26H,4,6,10-12,15,17-19H2,1-3H3,(H,33,37)(H,34,38)/t25-,26+/m1/s1. The first kappa shape index (κ1) is 29.2. The molecule has 0 spiro atoms. The maximum absolute atomic E-state index is 13.2. The molecule has 2 amide bonds. The normalized spacial score (nSPS) is 20.1. The maximum Gasteiger partial charge on any atom is 0.258 e. The van der Waals surface area contributed by atoms with Crippen molar-refractivity contribution in [1.82, 2.24) is 25.1 Å². The second kappa shape index (κ2) is 13.6. The quantitative estimate of drug-likeness (QED) is 0.476. The van der Waals surface area contributed by atoms with Crippen molar-refractivity contribution in [2.45, 2.75) is 58.0 Å². The summed E-state index contributed by atoms with van der Waals surface area (Å²) in [6, 6.07) is 10.8. The van der Waals surface area contributed by atoms with Crippen molar-refractivity contribution in [2.75, 3.05) is 33.9 Å². The van der Waals surface area contributed by atoms with Crippen molar-refractivity contribution in [3.05, 3.63) is 65.7 Å². The largest absolute Gasteiger partial charge is 0.496 e. The number of hydrogen-bond acceptors (Lipinski definition) is 8. The van der Waals surface area contributed by atoms with Gasteiger partial charge in [-0.1, -0.05) is 6.07 Å². The van der Waals surface area contributed by atoms with Gasteiger partial charge in [-0.2, -0.15) is 0 Å². The van der Waals surface area contributed by atoms with Gasteiger partial charge >= 0.3 is 0 Å². The summed E-state index contributed by atoms with van der Waals surface area (Å²) in [6.07, 6.45) is 4.99. The molecule has 4 heterocycles. The molecule has 3 aliphatic rings. The van der Waals surface area contributed by atoms with Gasteiger partial charge in [-0.05, 0) is 49.6 Å². The van der Waals surface area contributed by atoms with Crippen LogP contribution >= 0.6 is 0 Å². The van der Waals surface area contributed by atoms with Crippen LogP contribution in [-0.4, -0.2) is 72.3 Å². The van der Waals surface area contributed by atoms with E-state index in [0.29, 0.717) is 55.4 Å². The lowest BCUT2D eigenvalue weighted by molar-refractivity contribution is -0.125. The van der Waals surface area contributed by atoms with Gasteiger partial charge in [0.2, 0.25) is 5.91 Å². The summed E-state index contributed by atoms with van der Waals surface area (Å²) in [5, 5.41) is 6.14. The zero-order valence-electron chi connectivity index (χ0n) is 24.4. The van der Waals surface area contributed by atoms with Crippen LogP contribution < -0.4 is 29.6 Å². The molecule has 3 aliphatic heterocycles. The molecule has 2 aromatic carbocycles. The molecule has 6 rings (SSSR count). The number of carbonyl (C=O) groups is 2. The third-order valence-electron chi connectivity index (χ3n) is 7.75. The van der Waals surface area contributed by atoms with Crippen LogP contribution in [0, 0.1) is 0 Å². The molecule has 0 unspecified atom stereocenters. The molecule has 2 N–H and O–H groups in total. The van der Waals surface area contributed by atoms with E-state index in [1.165, 1.54) is 0 Å². The van der Waals surface area contributed by atoms with Crippen molar-refractivity contribution in [2.24, 2.45) is 0 Å². The van der Waals surface area contributed by atoms with E-state index in [2.05, 4.69) is 32.0 Å². The van der Waals surface area contributed by atoms with Crippen LogP contribution in [0.5, 0.6) is 23.0 Å². The van der Waals surface area contributed by atoms with Crippen molar-refractivity contribution in [1.29, 1.82) is 0 Å². The fourth-order valence-corrected chi connectivity index (χ4v) is 5.46. The highest BCUT2D eigenvalue weighted by molar-refractivity contribution is 5.78. The Hall–Kier alpha value is -4.25. The second-order valence-electron chi connectivity index (χ2n) is 10.5. The van der Waals surface area contributed by atoms with Crippen LogP contribution in [0.25, 0.3) is 0 Å². The lowest BCUT2D eigenvalue weighted by Gasteiger charge is -2.39. The number of piperidine rings is 1. The summed E-state index contributed by atoms with van der Waals surface area (Å²) in [6.45, 7) is 5.22. The van der Waals surface area contributed by atoms with Crippen LogP contribution in [0.3, 0.4) is 0 Å². The number of rotatable bonds is 5. The second-order valence-corrected chi connectivity index (χ2v) is 10.5. The Labute approximate surface area is 246 Å². The highest BCUT2D eigenvalue weighted by Crippen LogP contribution is 2.30. The zero-order valence-corrected chi connectivity index (χ0v) is 24.4. The number of aryl methyl sites for hydroxylation is 2. The van der Waals surface area contributed by atoms with E-state index < -0.39 is 0 Å². The Morgan fingerprint density at radius 2 is 1.90 bits per heavy atom. The summed E-state index contributed by atoms with van der Waals surface area (Å²) >= 11 is 0. The maximum atomic E-state index is 13.2. The molecule has 0 radical (unpaired) electrons. The van der Waals surface area contributed by atoms with Crippen molar-refractivity contribution in [3.8, 4) is 23.0 Å². The van der Waals surface area contributed by atoms with E-state index in [0.717, 1.165) is 36.5 Å². The number of aromatic nitrogens is 2. The summed E-state index contributed by atoms with van der Waals surface area (Å²) in [7, 11) is 3.16. The van der Waals surface area contributed by atoms with Crippen LogP contribution in [0.4, 0.5) is 0 Å². The number of ether oxygens (including phenoxy) is 4. The Bertz CT molecular complexity index is 1390. The molecule has 4 bridgehead atoms. The lowest BCUT2D eigenvalue weighted by Crippen LogP contribution is -2.57. The SMILES string of the molecule is CCn1cncc1CN1CC[C@@H]2Oc3ccc(c(OC)c3)CNC(=O)CCc3ccc(OC)c(c3)OCC(=O)N[C@@H]2C1. The minimum atomic E-state index is -0.284. The monoisotopic (exact) mass is 577 g/mol. The van der Waals surface area contributed by atoms with E-state index in [4.69, 9.17) is 18.9 Å². The van der Waals surface area contributed by atoms with E-state index in [-0.39, 0.29) is 30.6 Å². The van der Waals surface area contributed by atoms with Crippen LogP contribution in [-0.2, 0) is 35.6 Å². The smallest absolute Gasteiger partial charge is 0.258 e. The molecular weight excluding hydrogens is 538 g/mol.